The van der Waals surface area contributed by atoms with Gasteiger partial charge in [-0.2, -0.15) is 0 Å². The average Bonchev–Trinajstić information content (AvgIpc) is 2.79. The Bertz CT molecular complexity index is 592. The Hall–Kier alpha value is -0.340. The fourth-order valence-electron chi connectivity index (χ4n) is 3.85. The molecule has 38 heavy (non-hydrogen) atoms. The summed E-state index contributed by atoms with van der Waals surface area (Å²) in [5.41, 5.74) is 0. The van der Waals surface area contributed by atoms with Crippen LogP contribution >= 0.6 is 0 Å². The third kappa shape index (κ3) is 48.7. The zero-order chi connectivity index (χ0) is 27.4. The Labute approximate surface area is 235 Å². The van der Waals surface area contributed by atoms with Crippen LogP contribution < -0.4 is 12.3 Å². The van der Waals surface area contributed by atoms with E-state index in [9.17, 15) is 25.9 Å². The van der Waals surface area contributed by atoms with Gasteiger partial charge in [0.2, 0.25) is 20.8 Å². The molecular weight excluding hydrogens is 532 g/mol. The van der Waals surface area contributed by atoms with Crippen molar-refractivity contribution in [2.45, 2.75) is 155 Å². The van der Waals surface area contributed by atoms with Crippen LogP contribution in [0.25, 0.3) is 0 Å². The molecule has 0 fully saturated rings. The first-order chi connectivity index (χ1) is 17.1. The van der Waals surface area contributed by atoms with Crippen LogP contribution in [-0.2, 0) is 29.2 Å². The lowest BCUT2D eigenvalue weighted by Crippen LogP contribution is -2.05. The molecule has 8 N–H and O–H groups in total. The summed E-state index contributed by atoms with van der Waals surface area (Å²) in [7, 11) is -8.97. The number of hydrogen-bond donors (Lipinski definition) is 2. The maximum absolute atomic E-state index is 10.1. The van der Waals surface area contributed by atoms with Crippen molar-refractivity contribution < 1.29 is 34.3 Å². The second-order valence-corrected chi connectivity index (χ2v) is 11.6. The van der Waals surface area contributed by atoms with Crippen LogP contribution in [0.4, 0.5) is 0 Å². The first-order valence-corrected chi connectivity index (χ1v) is 17.0. The molecule has 236 valence electrons. The van der Waals surface area contributed by atoms with Crippen molar-refractivity contribution in [2.75, 3.05) is 13.2 Å². The van der Waals surface area contributed by atoms with E-state index >= 15 is 0 Å². The van der Waals surface area contributed by atoms with E-state index in [1.807, 2.05) is 0 Å². The minimum absolute atomic E-state index is 0. The highest BCUT2D eigenvalue weighted by molar-refractivity contribution is 7.81. The third-order valence-corrected chi connectivity index (χ3v) is 6.86. The highest BCUT2D eigenvalue weighted by Crippen LogP contribution is 2.12. The lowest BCUT2D eigenvalue weighted by atomic mass is 10.1. The van der Waals surface area contributed by atoms with Gasteiger partial charge in [0.15, 0.2) is 0 Å². The van der Waals surface area contributed by atoms with Crippen LogP contribution in [0.3, 0.4) is 0 Å². The highest BCUT2D eigenvalue weighted by Gasteiger charge is 1.97. The monoisotopic (exact) mass is 594 g/mol. The maximum atomic E-state index is 10.1. The van der Waals surface area contributed by atoms with Crippen molar-refractivity contribution in [3.8, 4) is 0 Å². The van der Waals surface area contributed by atoms with Gasteiger partial charge in [-0.1, -0.05) is 142 Å². The Morgan fingerprint density at radius 3 is 0.763 bits per heavy atom. The number of hydrogen-bond acceptors (Lipinski definition) is 8. The SMILES string of the molecule is CCCCCCCCCCCCCOS(=O)(=O)[O-].CCCCCCCCCCCCCOS(=O)(=O)[O-].[NH4+].[NH4+]. The minimum Gasteiger partial charge on any atom is -0.726 e. The van der Waals surface area contributed by atoms with Crippen molar-refractivity contribution in [1.29, 1.82) is 0 Å². The topological polar surface area (TPSA) is 206 Å². The van der Waals surface area contributed by atoms with Crippen molar-refractivity contribution >= 4 is 20.8 Å². The lowest BCUT2D eigenvalue weighted by Gasteiger charge is -2.07. The van der Waals surface area contributed by atoms with Gasteiger partial charge in [0.1, 0.15) is 0 Å². The number of unbranched alkanes of at least 4 members (excludes halogenated alkanes) is 20. The zero-order valence-electron chi connectivity index (χ0n) is 25.1. The van der Waals surface area contributed by atoms with Crippen LogP contribution in [0.15, 0.2) is 0 Å². The molecule has 10 nitrogen and oxygen atoms in total. The van der Waals surface area contributed by atoms with E-state index in [4.69, 9.17) is 0 Å². The average molecular weight is 595 g/mol. The van der Waals surface area contributed by atoms with E-state index in [2.05, 4.69) is 22.2 Å². The van der Waals surface area contributed by atoms with Gasteiger partial charge in [-0.15, -0.1) is 0 Å². The summed E-state index contributed by atoms with van der Waals surface area (Å²) in [5, 5.41) is 0. The van der Waals surface area contributed by atoms with Gasteiger partial charge in [0, 0.05) is 0 Å². The summed E-state index contributed by atoms with van der Waals surface area (Å²) in [5.74, 6) is 0. The Morgan fingerprint density at radius 1 is 0.395 bits per heavy atom. The highest BCUT2D eigenvalue weighted by atomic mass is 32.3. The van der Waals surface area contributed by atoms with Gasteiger partial charge in [-0.05, 0) is 12.8 Å². The molecule has 0 aliphatic heterocycles. The van der Waals surface area contributed by atoms with Gasteiger partial charge in [0.25, 0.3) is 0 Å². The summed E-state index contributed by atoms with van der Waals surface area (Å²) in [6.07, 6.45) is 26.2. The molecule has 0 aliphatic carbocycles. The fourth-order valence-corrected chi connectivity index (χ4v) is 4.50. The smallest absolute Gasteiger partial charge is 0.217 e. The van der Waals surface area contributed by atoms with Gasteiger partial charge >= 0.3 is 0 Å². The second kappa shape index (κ2) is 32.9. The number of quaternary nitrogens is 2. The van der Waals surface area contributed by atoms with Crippen LogP contribution in [0.2, 0.25) is 0 Å². The summed E-state index contributed by atoms with van der Waals surface area (Å²) in [6.45, 7) is 4.51. The van der Waals surface area contributed by atoms with E-state index in [1.165, 1.54) is 103 Å². The molecule has 12 heteroatoms. The predicted molar refractivity (Wildman–Crippen MR) is 156 cm³/mol. The standard InChI is InChI=1S/2C13H28O4S.2H3N/c2*1-2-3-4-5-6-7-8-9-10-11-12-13-17-18(14,15)16;;/h2*2-13H2,1H3,(H,14,15,16);2*1H3. The largest absolute Gasteiger partial charge is 0.726 e. The van der Waals surface area contributed by atoms with E-state index in [0.717, 1.165) is 25.7 Å². The molecule has 0 aromatic carbocycles. The quantitative estimate of drug-likeness (QED) is 0.0564. The third-order valence-electron chi connectivity index (χ3n) is 5.95. The molecule has 0 atom stereocenters. The molecule has 0 saturated heterocycles. The minimum atomic E-state index is -4.49. The van der Waals surface area contributed by atoms with E-state index in [1.54, 1.807) is 0 Å². The molecular formula is C26H62N2O8S2. The van der Waals surface area contributed by atoms with Gasteiger partial charge < -0.3 is 21.4 Å². The maximum Gasteiger partial charge on any atom is 0.217 e. The molecule has 0 aromatic rings. The summed E-state index contributed by atoms with van der Waals surface area (Å²) in [4.78, 5) is 0. The van der Waals surface area contributed by atoms with Crippen LogP contribution in [0, 0.1) is 0 Å². The predicted octanol–water partition coefficient (Wildman–Crippen LogP) is 8.30. The Balaban J connectivity index is -0.000000289. The van der Waals surface area contributed by atoms with Gasteiger partial charge in [-0.25, -0.2) is 16.8 Å². The molecule has 0 heterocycles. The van der Waals surface area contributed by atoms with Crippen molar-refractivity contribution in [3.05, 3.63) is 0 Å². The molecule has 0 radical (unpaired) electrons. The Morgan fingerprint density at radius 2 is 0.579 bits per heavy atom. The summed E-state index contributed by atoms with van der Waals surface area (Å²) in [6, 6.07) is 0. The Kier molecular flexibility index (Phi) is 38.6. The first-order valence-electron chi connectivity index (χ1n) is 14.3. The van der Waals surface area contributed by atoms with Crippen molar-refractivity contribution in [1.82, 2.24) is 12.3 Å². The van der Waals surface area contributed by atoms with Crippen LogP contribution in [0.1, 0.15) is 155 Å². The first kappa shape index (κ1) is 44.7. The normalized spacial score (nSPS) is 11.3. The van der Waals surface area contributed by atoms with Crippen molar-refractivity contribution in [2.24, 2.45) is 0 Å². The molecule has 0 bridgehead atoms. The second-order valence-electron chi connectivity index (χ2n) is 9.53. The number of rotatable bonds is 26. The summed E-state index contributed by atoms with van der Waals surface area (Å²) < 4.78 is 69.1. The van der Waals surface area contributed by atoms with Gasteiger partial charge in [0.05, 0.1) is 13.2 Å². The molecule has 0 saturated carbocycles. The van der Waals surface area contributed by atoms with Crippen LogP contribution in [0.5, 0.6) is 0 Å². The van der Waals surface area contributed by atoms with Crippen LogP contribution in [-0.4, -0.2) is 39.2 Å². The van der Waals surface area contributed by atoms with E-state index < -0.39 is 20.8 Å². The van der Waals surface area contributed by atoms with Crippen molar-refractivity contribution in [3.63, 3.8) is 0 Å². The molecule has 0 rings (SSSR count). The molecule has 0 unspecified atom stereocenters. The molecule has 0 aromatic heterocycles. The zero-order valence-corrected chi connectivity index (χ0v) is 26.7. The molecule has 0 spiro atoms. The molecule has 0 amide bonds. The summed E-state index contributed by atoms with van der Waals surface area (Å²) >= 11 is 0. The fraction of sp³-hybridized carbons (Fsp3) is 1.00. The molecule has 0 aliphatic rings. The van der Waals surface area contributed by atoms with E-state index in [0.29, 0.717) is 12.8 Å². The van der Waals surface area contributed by atoms with E-state index in [-0.39, 0.29) is 25.5 Å². The van der Waals surface area contributed by atoms with Gasteiger partial charge in [-0.3, -0.25) is 8.37 Å². The lowest BCUT2D eigenvalue weighted by molar-refractivity contribution is 0.253.